The molecule has 0 fully saturated rings. The van der Waals surface area contributed by atoms with Crippen molar-refractivity contribution in [2.24, 2.45) is 0 Å². The van der Waals surface area contributed by atoms with Gasteiger partial charge in [-0.1, -0.05) is 23.4 Å². The Hall–Kier alpha value is -2.96. The monoisotopic (exact) mass is 324 g/mol. The highest BCUT2D eigenvalue weighted by Gasteiger charge is 2.13. The summed E-state index contributed by atoms with van der Waals surface area (Å²) in [6.45, 7) is 2.94. The quantitative estimate of drug-likeness (QED) is 0.772. The number of benzene rings is 1. The summed E-state index contributed by atoms with van der Waals surface area (Å²) >= 11 is 0. The van der Waals surface area contributed by atoms with E-state index in [2.05, 4.69) is 20.6 Å². The maximum Gasteiger partial charge on any atom is 0.252 e. The second kappa shape index (κ2) is 6.66. The van der Waals surface area contributed by atoms with Gasteiger partial charge >= 0.3 is 0 Å². The molecule has 1 amide bonds. The van der Waals surface area contributed by atoms with Gasteiger partial charge in [-0.15, -0.1) is 5.10 Å². The van der Waals surface area contributed by atoms with Crippen molar-refractivity contribution in [3.8, 4) is 0 Å². The molecule has 0 bridgehead atoms. The van der Waals surface area contributed by atoms with Crippen LogP contribution in [0.4, 0.5) is 5.82 Å². The van der Waals surface area contributed by atoms with Crippen LogP contribution in [0, 0.1) is 6.92 Å². The van der Waals surface area contributed by atoms with E-state index < -0.39 is 0 Å². The van der Waals surface area contributed by atoms with Crippen molar-refractivity contribution >= 4 is 22.6 Å². The van der Waals surface area contributed by atoms with Crippen molar-refractivity contribution in [2.45, 2.75) is 13.5 Å². The summed E-state index contributed by atoms with van der Waals surface area (Å²) in [7, 11) is 3.82. The van der Waals surface area contributed by atoms with Gasteiger partial charge in [0.05, 0.1) is 23.3 Å². The molecule has 0 aliphatic heterocycles. The molecule has 0 atom stereocenters. The summed E-state index contributed by atoms with van der Waals surface area (Å²) < 4.78 is 1.71. The highest BCUT2D eigenvalue weighted by Crippen LogP contribution is 2.21. The molecule has 0 aliphatic carbocycles. The highest BCUT2D eigenvalue weighted by molar-refractivity contribution is 6.07. The number of fused-ring (bicyclic) bond motifs is 1. The molecule has 0 aliphatic rings. The van der Waals surface area contributed by atoms with Crippen LogP contribution in [0.5, 0.6) is 0 Å². The van der Waals surface area contributed by atoms with E-state index in [0.717, 1.165) is 22.4 Å². The first-order valence-electron chi connectivity index (χ1n) is 7.76. The number of nitrogens with one attached hydrogen (secondary N) is 1. The Balaban J connectivity index is 1.80. The van der Waals surface area contributed by atoms with Gasteiger partial charge in [0, 0.05) is 32.2 Å². The van der Waals surface area contributed by atoms with Gasteiger partial charge < -0.3 is 10.2 Å². The molecule has 0 spiro atoms. The van der Waals surface area contributed by atoms with Gasteiger partial charge in [0.15, 0.2) is 0 Å². The van der Waals surface area contributed by atoms with Crippen LogP contribution in [-0.2, 0) is 6.54 Å². The molecular weight excluding hydrogens is 304 g/mol. The Morgan fingerprint density at radius 3 is 2.79 bits per heavy atom. The van der Waals surface area contributed by atoms with Gasteiger partial charge in [-0.05, 0) is 19.1 Å². The standard InChI is InChI=1S/C17H20N6O/c1-12-11-23(21-20-12)9-8-18-17(24)14-10-16(22(2)3)19-15-7-5-4-6-13(14)15/h4-7,10-11H,8-9H2,1-3H3,(H,18,24). The molecule has 3 rings (SSSR count). The molecular formula is C17H20N6O. The number of rotatable bonds is 5. The molecule has 124 valence electrons. The first-order valence-corrected chi connectivity index (χ1v) is 7.76. The third-order valence-corrected chi connectivity index (χ3v) is 3.69. The van der Waals surface area contributed by atoms with Crippen LogP contribution in [0.2, 0.25) is 0 Å². The summed E-state index contributed by atoms with van der Waals surface area (Å²) in [4.78, 5) is 19.1. The Kier molecular flexibility index (Phi) is 4.41. The van der Waals surface area contributed by atoms with Crippen molar-refractivity contribution in [3.05, 3.63) is 47.8 Å². The van der Waals surface area contributed by atoms with Crippen molar-refractivity contribution in [2.75, 3.05) is 25.5 Å². The summed E-state index contributed by atoms with van der Waals surface area (Å²) in [6.07, 6.45) is 1.85. The Labute approximate surface area is 140 Å². The van der Waals surface area contributed by atoms with Crippen molar-refractivity contribution in [3.63, 3.8) is 0 Å². The largest absolute Gasteiger partial charge is 0.363 e. The average Bonchev–Trinajstić information content (AvgIpc) is 2.99. The van der Waals surface area contributed by atoms with Crippen LogP contribution < -0.4 is 10.2 Å². The fraction of sp³-hybridized carbons (Fsp3) is 0.294. The van der Waals surface area contributed by atoms with Gasteiger partial charge in [-0.3, -0.25) is 9.48 Å². The van der Waals surface area contributed by atoms with E-state index in [-0.39, 0.29) is 5.91 Å². The van der Waals surface area contributed by atoms with Crippen molar-refractivity contribution in [1.29, 1.82) is 0 Å². The van der Waals surface area contributed by atoms with E-state index in [1.54, 1.807) is 4.68 Å². The Morgan fingerprint density at radius 1 is 1.29 bits per heavy atom. The van der Waals surface area contributed by atoms with Crippen LogP contribution in [0.3, 0.4) is 0 Å². The number of aromatic nitrogens is 4. The zero-order valence-corrected chi connectivity index (χ0v) is 14.0. The minimum atomic E-state index is -0.117. The van der Waals surface area contributed by atoms with Crippen LogP contribution in [0.1, 0.15) is 16.1 Å². The Morgan fingerprint density at radius 2 is 2.08 bits per heavy atom. The van der Waals surface area contributed by atoms with Crippen LogP contribution in [0.15, 0.2) is 36.5 Å². The summed E-state index contributed by atoms with van der Waals surface area (Å²) in [6, 6.07) is 9.48. The molecule has 7 nitrogen and oxygen atoms in total. The average molecular weight is 324 g/mol. The van der Waals surface area contributed by atoms with Gasteiger partial charge in [0.1, 0.15) is 5.82 Å². The Bertz CT molecular complexity index is 870. The first-order chi connectivity index (χ1) is 11.5. The third-order valence-electron chi connectivity index (χ3n) is 3.69. The number of anilines is 1. The van der Waals surface area contributed by atoms with E-state index in [1.165, 1.54) is 0 Å². The molecule has 1 aromatic carbocycles. The van der Waals surface area contributed by atoms with Crippen molar-refractivity contribution < 1.29 is 4.79 Å². The molecule has 0 saturated carbocycles. The van der Waals surface area contributed by atoms with Crippen LogP contribution in [0.25, 0.3) is 10.9 Å². The number of pyridine rings is 1. The molecule has 1 N–H and O–H groups in total. The number of amides is 1. The minimum absolute atomic E-state index is 0.117. The second-order valence-corrected chi connectivity index (χ2v) is 5.82. The van der Waals surface area contributed by atoms with E-state index in [0.29, 0.717) is 18.7 Å². The maximum atomic E-state index is 12.6. The third kappa shape index (κ3) is 3.34. The van der Waals surface area contributed by atoms with E-state index >= 15 is 0 Å². The fourth-order valence-electron chi connectivity index (χ4n) is 2.46. The second-order valence-electron chi connectivity index (χ2n) is 5.82. The topological polar surface area (TPSA) is 75.9 Å². The number of aryl methyl sites for hydroxylation is 1. The predicted molar refractivity (Wildman–Crippen MR) is 93.2 cm³/mol. The minimum Gasteiger partial charge on any atom is -0.363 e. The maximum absolute atomic E-state index is 12.6. The lowest BCUT2D eigenvalue weighted by molar-refractivity contribution is 0.0953. The number of para-hydroxylation sites is 1. The number of hydrogen-bond acceptors (Lipinski definition) is 5. The molecule has 0 saturated heterocycles. The summed E-state index contributed by atoms with van der Waals surface area (Å²) in [5, 5.41) is 11.7. The SMILES string of the molecule is Cc1cn(CCNC(=O)c2cc(N(C)C)nc3ccccc23)nn1. The zero-order valence-electron chi connectivity index (χ0n) is 14.0. The molecule has 7 heteroatoms. The number of nitrogens with zero attached hydrogens (tertiary/aromatic N) is 5. The van der Waals surface area contributed by atoms with Gasteiger partial charge in [0.2, 0.25) is 0 Å². The molecule has 0 radical (unpaired) electrons. The van der Waals surface area contributed by atoms with Gasteiger partial charge in [0.25, 0.3) is 5.91 Å². The lowest BCUT2D eigenvalue weighted by Crippen LogP contribution is -2.28. The lowest BCUT2D eigenvalue weighted by Gasteiger charge is -2.15. The molecule has 2 heterocycles. The molecule has 0 unspecified atom stereocenters. The van der Waals surface area contributed by atoms with E-state index in [1.807, 2.05) is 62.4 Å². The van der Waals surface area contributed by atoms with Crippen molar-refractivity contribution in [1.82, 2.24) is 25.3 Å². The predicted octanol–water partition coefficient (Wildman–Crippen LogP) is 1.63. The van der Waals surface area contributed by atoms with Crippen LogP contribution in [-0.4, -0.2) is 46.5 Å². The van der Waals surface area contributed by atoms with Gasteiger partial charge in [-0.25, -0.2) is 4.98 Å². The molecule has 2 aromatic heterocycles. The van der Waals surface area contributed by atoms with E-state index in [9.17, 15) is 4.79 Å². The molecule has 24 heavy (non-hydrogen) atoms. The summed E-state index contributed by atoms with van der Waals surface area (Å²) in [5.74, 6) is 0.638. The molecule has 3 aromatic rings. The first kappa shape index (κ1) is 15.9. The number of carbonyl (C=O) groups is 1. The lowest BCUT2D eigenvalue weighted by atomic mass is 10.1. The van der Waals surface area contributed by atoms with E-state index in [4.69, 9.17) is 0 Å². The van der Waals surface area contributed by atoms with Gasteiger partial charge in [-0.2, -0.15) is 0 Å². The van der Waals surface area contributed by atoms with Crippen LogP contribution >= 0.6 is 0 Å². The number of hydrogen-bond donors (Lipinski definition) is 1. The highest BCUT2D eigenvalue weighted by atomic mass is 16.1. The normalized spacial score (nSPS) is 10.8. The summed E-state index contributed by atoms with van der Waals surface area (Å²) in [5.41, 5.74) is 2.29. The smallest absolute Gasteiger partial charge is 0.252 e. The zero-order chi connectivity index (χ0) is 17.1. The fourth-order valence-corrected chi connectivity index (χ4v) is 2.46. The number of carbonyl (C=O) groups excluding carboxylic acids is 1.